The van der Waals surface area contributed by atoms with Crippen molar-refractivity contribution < 1.29 is 18.0 Å². The molecule has 188 valence electrons. The molecule has 6 nitrogen and oxygen atoms in total. The lowest BCUT2D eigenvalue weighted by molar-refractivity contribution is -0.152. The summed E-state index contributed by atoms with van der Waals surface area (Å²) in [6.45, 7) is 0. The molecule has 3 rings (SSSR count). The average Bonchev–Trinajstić information content (AvgIpc) is 2.82. The molecule has 0 saturated heterocycles. The van der Waals surface area contributed by atoms with Gasteiger partial charge in [-0.2, -0.15) is 18.2 Å². The van der Waals surface area contributed by atoms with Crippen molar-refractivity contribution in [3.63, 3.8) is 0 Å². The Morgan fingerprint density at radius 1 is 0.944 bits per heavy atom. The van der Waals surface area contributed by atoms with Crippen LogP contribution < -0.4 is 16.0 Å². The van der Waals surface area contributed by atoms with Crippen molar-refractivity contribution in [2.75, 3.05) is 12.4 Å². The minimum atomic E-state index is -4.54. The maximum Gasteiger partial charge on any atom is 0.404 e. The predicted molar refractivity (Wildman–Crippen MR) is 138 cm³/mol. The van der Waals surface area contributed by atoms with Crippen LogP contribution in [-0.4, -0.2) is 37.0 Å². The second kappa shape index (κ2) is 12.5. The molecule has 0 radical (unpaired) electrons. The van der Waals surface area contributed by atoms with Gasteiger partial charge in [-0.3, -0.25) is 4.79 Å². The number of hydrogen-bond donors (Lipinski definition) is 3. The van der Waals surface area contributed by atoms with E-state index in [2.05, 4.69) is 25.9 Å². The fraction of sp³-hybridized carbons (Fsp3) is 0.160. The van der Waals surface area contributed by atoms with Crippen LogP contribution in [0.25, 0.3) is 0 Å². The topological polar surface area (TPSA) is 77.9 Å². The highest BCUT2D eigenvalue weighted by Crippen LogP contribution is 2.23. The average molecular weight is 536 g/mol. The normalized spacial score (nSPS) is 13.3. The second-order valence-electron chi connectivity index (χ2n) is 7.51. The number of alkyl halides is 3. The number of amides is 1. The molecule has 3 aromatic rings. The quantitative estimate of drug-likeness (QED) is 0.250. The lowest BCUT2D eigenvalue weighted by Crippen LogP contribution is -2.46. The summed E-state index contributed by atoms with van der Waals surface area (Å²) in [6.07, 6.45) is -5.09. The van der Waals surface area contributed by atoms with E-state index in [0.29, 0.717) is 21.4 Å². The van der Waals surface area contributed by atoms with E-state index >= 15 is 0 Å². The fourth-order valence-electron chi connectivity index (χ4n) is 3.04. The number of carbonyl (C=O) groups excluding carboxylic acids is 1. The van der Waals surface area contributed by atoms with Crippen molar-refractivity contribution in [2.45, 2.75) is 18.6 Å². The molecule has 0 fully saturated rings. The van der Waals surface area contributed by atoms with Crippen molar-refractivity contribution in [1.82, 2.24) is 10.6 Å². The molecule has 1 amide bonds. The summed E-state index contributed by atoms with van der Waals surface area (Å²) in [5.41, 5.74) is 1.11. The summed E-state index contributed by atoms with van der Waals surface area (Å²) in [4.78, 5) is 21.2. The van der Waals surface area contributed by atoms with Crippen LogP contribution >= 0.6 is 23.2 Å². The predicted octanol–water partition coefficient (Wildman–Crippen LogP) is 6.46. The van der Waals surface area contributed by atoms with Crippen molar-refractivity contribution >= 4 is 52.3 Å². The number of rotatable bonds is 6. The molecule has 11 heteroatoms. The van der Waals surface area contributed by atoms with Crippen LogP contribution in [0.4, 0.5) is 24.5 Å². The van der Waals surface area contributed by atoms with Gasteiger partial charge in [0.15, 0.2) is 0 Å². The van der Waals surface area contributed by atoms with Gasteiger partial charge in [-0.25, -0.2) is 4.99 Å². The third kappa shape index (κ3) is 8.37. The Hall–Kier alpha value is -3.40. The molecule has 1 atom stereocenters. The van der Waals surface area contributed by atoms with Crippen molar-refractivity contribution in [2.24, 2.45) is 9.98 Å². The summed E-state index contributed by atoms with van der Waals surface area (Å²) >= 11 is 12.0. The number of aliphatic imine (C=N–C) groups is 2. The number of carbonyl (C=O) groups is 1. The van der Waals surface area contributed by atoms with Crippen molar-refractivity contribution in [1.29, 1.82) is 0 Å². The molecule has 0 saturated carbocycles. The van der Waals surface area contributed by atoms with E-state index < -0.39 is 24.5 Å². The SMILES string of the molecule is CNC(C/C(=N/c1ccccc1)N/C(=N\C(=O)c1ccc(Cl)cc1)Nc1cccc(Cl)c1)C(F)(F)F. The lowest BCUT2D eigenvalue weighted by atomic mass is 10.2. The summed E-state index contributed by atoms with van der Waals surface area (Å²) in [5.74, 6) is -0.859. The van der Waals surface area contributed by atoms with Crippen LogP contribution in [0.15, 0.2) is 88.8 Å². The van der Waals surface area contributed by atoms with E-state index in [1.54, 1.807) is 54.6 Å². The van der Waals surface area contributed by atoms with E-state index in [9.17, 15) is 18.0 Å². The molecule has 0 aliphatic rings. The first kappa shape index (κ1) is 27.2. The van der Waals surface area contributed by atoms with E-state index in [4.69, 9.17) is 23.2 Å². The number of benzene rings is 3. The highest BCUT2D eigenvalue weighted by Gasteiger charge is 2.39. The fourth-order valence-corrected chi connectivity index (χ4v) is 3.36. The number of amidine groups is 1. The maximum absolute atomic E-state index is 13.5. The summed E-state index contributed by atoms with van der Waals surface area (Å²) in [6, 6.07) is 19.2. The summed E-state index contributed by atoms with van der Waals surface area (Å²) < 4.78 is 40.6. The van der Waals surface area contributed by atoms with E-state index in [1.165, 1.54) is 31.3 Å². The molecule has 0 spiro atoms. The number of nitrogens with one attached hydrogen (secondary N) is 3. The van der Waals surface area contributed by atoms with Gasteiger partial charge in [0.2, 0.25) is 5.96 Å². The molecular weight excluding hydrogens is 514 g/mol. The van der Waals surface area contributed by atoms with E-state index in [0.717, 1.165) is 0 Å². The number of para-hydroxylation sites is 1. The van der Waals surface area contributed by atoms with Crippen molar-refractivity contribution in [3.05, 3.63) is 94.5 Å². The first-order valence-electron chi connectivity index (χ1n) is 10.7. The first-order valence-corrected chi connectivity index (χ1v) is 11.4. The highest BCUT2D eigenvalue weighted by molar-refractivity contribution is 6.31. The molecule has 36 heavy (non-hydrogen) atoms. The Balaban J connectivity index is 2.00. The maximum atomic E-state index is 13.5. The first-order chi connectivity index (χ1) is 17.1. The lowest BCUT2D eigenvalue weighted by Gasteiger charge is -2.22. The molecule has 3 N–H and O–H groups in total. The van der Waals surface area contributed by atoms with Crippen LogP contribution in [0.1, 0.15) is 16.8 Å². The van der Waals surface area contributed by atoms with Gasteiger partial charge in [-0.15, -0.1) is 0 Å². The Labute approximate surface area is 216 Å². The van der Waals surface area contributed by atoms with Crippen LogP contribution in [-0.2, 0) is 0 Å². The van der Waals surface area contributed by atoms with Crippen LogP contribution in [0, 0.1) is 0 Å². The van der Waals surface area contributed by atoms with Gasteiger partial charge >= 0.3 is 6.18 Å². The molecule has 0 aliphatic carbocycles. The van der Waals surface area contributed by atoms with Gasteiger partial charge in [0.1, 0.15) is 11.9 Å². The molecular formula is C25H22Cl2F3N5O. The zero-order valence-electron chi connectivity index (χ0n) is 19.0. The molecule has 0 aliphatic heterocycles. The summed E-state index contributed by atoms with van der Waals surface area (Å²) in [5, 5.41) is 8.79. The Bertz CT molecular complexity index is 1230. The van der Waals surface area contributed by atoms with Crippen LogP contribution in [0.2, 0.25) is 10.0 Å². The van der Waals surface area contributed by atoms with Gasteiger partial charge in [0.05, 0.1) is 5.69 Å². The highest BCUT2D eigenvalue weighted by atomic mass is 35.5. The standard InChI is InChI=1S/C25H22Cl2F3N5O/c1-31-21(25(28,29)30)15-22(32-19-7-3-2-4-8-19)34-24(33-20-9-5-6-18(27)14-20)35-23(36)16-10-12-17(26)13-11-16/h2-14,21,31H,15H2,1H3,(H2,32,33,34,35,36). The second-order valence-corrected chi connectivity index (χ2v) is 8.39. The third-order valence-corrected chi connectivity index (χ3v) is 5.30. The zero-order chi connectivity index (χ0) is 26.1. The van der Waals surface area contributed by atoms with Crippen LogP contribution in [0.3, 0.4) is 0 Å². The van der Waals surface area contributed by atoms with Gasteiger partial charge in [-0.1, -0.05) is 47.5 Å². The Kier molecular flexibility index (Phi) is 9.46. The van der Waals surface area contributed by atoms with Gasteiger partial charge in [-0.05, 0) is 61.6 Å². The zero-order valence-corrected chi connectivity index (χ0v) is 20.5. The Morgan fingerprint density at radius 2 is 1.64 bits per heavy atom. The number of guanidine groups is 1. The smallest absolute Gasteiger partial charge is 0.326 e. The molecule has 1 unspecified atom stereocenters. The minimum Gasteiger partial charge on any atom is -0.326 e. The number of hydrogen-bond acceptors (Lipinski definition) is 3. The van der Waals surface area contributed by atoms with Crippen LogP contribution in [0.5, 0.6) is 0 Å². The number of nitrogens with zero attached hydrogens (tertiary/aromatic N) is 2. The number of anilines is 1. The number of halogens is 5. The van der Waals surface area contributed by atoms with Crippen molar-refractivity contribution in [3.8, 4) is 0 Å². The molecule has 0 heterocycles. The molecule has 3 aromatic carbocycles. The molecule has 0 bridgehead atoms. The monoisotopic (exact) mass is 535 g/mol. The van der Waals surface area contributed by atoms with Gasteiger partial charge in [0, 0.05) is 27.7 Å². The van der Waals surface area contributed by atoms with Gasteiger partial charge < -0.3 is 16.0 Å². The summed E-state index contributed by atoms with van der Waals surface area (Å²) in [7, 11) is 1.21. The largest absolute Gasteiger partial charge is 0.404 e. The van der Waals surface area contributed by atoms with E-state index in [-0.39, 0.29) is 17.4 Å². The molecule has 0 aromatic heterocycles. The minimum absolute atomic E-state index is 0.0740. The third-order valence-electron chi connectivity index (χ3n) is 4.82. The van der Waals surface area contributed by atoms with E-state index in [1.807, 2.05) is 0 Å². The Morgan fingerprint density at radius 3 is 2.25 bits per heavy atom. The van der Waals surface area contributed by atoms with Gasteiger partial charge in [0.25, 0.3) is 5.91 Å².